The number of nitrogens with zero attached hydrogens (tertiary/aromatic N) is 1. The van der Waals surface area contributed by atoms with E-state index in [-0.39, 0.29) is 11.1 Å². The van der Waals surface area contributed by atoms with Gasteiger partial charge >= 0.3 is 5.97 Å². The van der Waals surface area contributed by atoms with E-state index >= 15 is 0 Å². The van der Waals surface area contributed by atoms with Gasteiger partial charge in [-0.25, -0.2) is 9.78 Å². The first-order valence-corrected chi connectivity index (χ1v) is 4.38. The van der Waals surface area contributed by atoms with Crippen LogP contribution in [0.15, 0.2) is 12.1 Å². The Kier molecular flexibility index (Phi) is 1.74. The minimum absolute atomic E-state index is 0.0716. The van der Waals surface area contributed by atoms with Gasteiger partial charge in [0.05, 0.1) is 12.3 Å². The van der Waals surface area contributed by atoms with E-state index in [4.69, 9.17) is 9.84 Å². The van der Waals surface area contributed by atoms with Gasteiger partial charge in [-0.3, -0.25) is 0 Å². The minimum atomic E-state index is -1.00. The summed E-state index contributed by atoms with van der Waals surface area (Å²) in [7, 11) is 0. The fourth-order valence-corrected chi connectivity index (χ4v) is 1.49. The van der Waals surface area contributed by atoms with E-state index in [1.807, 2.05) is 13.8 Å². The molecule has 14 heavy (non-hydrogen) atoms. The summed E-state index contributed by atoms with van der Waals surface area (Å²) in [6.07, 6.45) is 0. The summed E-state index contributed by atoms with van der Waals surface area (Å²) in [4.78, 5) is 14.8. The van der Waals surface area contributed by atoms with Gasteiger partial charge in [-0.1, -0.05) is 13.8 Å². The number of hydrogen-bond acceptors (Lipinski definition) is 3. The van der Waals surface area contributed by atoms with Crippen LogP contribution in [0.3, 0.4) is 0 Å². The summed E-state index contributed by atoms with van der Waals surface area (Å²) in [5, 5.41) is 8.78. The molecule has 0 bridgehead atoms. The van der Waals surface area contributed by atoms with Crippen molar-refractivity contribution in [1.82, 2.24) is 4.98 Å². The van der Waals surface area contributed by atoms with Crippen molar-refractivity contribution in [3.05, 3.63) is 23.5 Å². The molecule has 1 aromatic heterocycles. The summed E-state index contributed by atoms with van der Waals surface area (Å²) in [6, 6.07) is 3.13. The summed E-state index contributed by atoms with van der Waals surface area (Å²) in [5.41, 5.74) is 0.612. The van der Waals surface area contributed by atoms with Crippen LogP contribution < -0.4 is 4.74 Å². The average molecular weight is 193 g/mol. The van der Waals surface area contributed by atoms with Gasteiger partial charge < -0.3 is 9.84 Å². The van der Waals surface area contributed by atoms with Crippen LogP contribution in [0.4, 0.5) is 0 Å². The van der Waals surface area contributed by atoms with Crippen LogP contribution in [0.25, 0.3) is 0 Å². The van der Waals surface area contributed by atoms with Crippen LogP contribution in [-0.2, 0) is 5.41 Å². The van der Waals surface area contributed by atoms with Gasteiger partial charge in [-0.2, -0.15) is 0 Å². The molecule has 0 amide bonds. The fourth-order valence-electron chi connectivity index (χ4n) is 1.49. The average Bonchev–Trinajstić information content (AvgIpc) is 2.42. The molecule has 4 heteroatoms. The number of aromatic nitrogens is 1. The number of aromatic carboxylic acids is 1. The van der Waals surface area contributed by atoms with E-state index in [2.05, 4.69) is 4.98 Å². The molecule has 0 fully saturated rings. The second kappa shape index (κ2) is 2.70. The van der Waals surface area contributed by atoms with E-state index in [1.165, 1.54) is 6.07 Å². The van der Waals surface area contributed by atoms with Gasteiger partial charge in [0, 0.05) is 5.41 Å². The third kappa shape index (κ3) is 1.23. The SMILES string of the molecule is CC1(C)COc2ccc(C(=O)O)nc21. The van der Waals surface area contributed by atoms with Crippen LogP contribution in [0.5, 0.6) is 5.75 Å². The fraction of sp³-hybridized carbons (Fsp3) is 0.400. The Morgan fingerprint density at radius 2 is 2.29 bits per heavy atom. The van der Waals surface area contributed by atoms with E-state index in [9.17, 15) is 4.79 Å². The molecule has 0 saturated carbocycles. The lowest BCUT2D eigenvalue weighted by Gasteiger charge is -2.13. The Bertz CT molecular complexity index is 398. The van der Waals surface area contributed by atoms with Crippen molar-refractivity contribution in [2.75, 3.05) is 6.61 Å². The highest BCUT2D eigenvalue weighted by molar-refractivity contribution is 5.85. The zero-order valence-corrected chi connectivity index (χ0v) is 8.07. The van der Waals surface area contributed by atoms with E-state index < -0.39 is 5.97 Å². The molecule has 1 aliphatic rings. The van der Waals surface area contributed by atoms with Crippen LogP contribution >= 0.6 is 0 Å². The van der Waals surface area contributed by atoms with Gasteiger partial charge in [-0.15, -0.1) is 0 Å². The number of ether oxygens (including phenoxy) is 1. The number of rotatable bonds is 1. The lowest BCUT2D eigenvalue weighted by molar-refractivity contribution is 0.0690. The second-order valence-corrected chi connectivity index (χ2v) is 4.02. The van der Waals surface area contributed by atoms with E-state index in [1.54, 1.807) is 6.07 Å². The van der Waals surface area contributed by atoms with Gasteiger partial charge in [0.1, 0.15) is 11.4 Å². The van der Waals surface area contributed by atoms with Crippen molar-refractivity contribution in [2.24, 2.45) is 0 Å². The Labute approximate surface area is 81.5 Å². The van der Waals surface area contributed by atoms with Crippen LogP contribution in [0.1, 0.15) is 30.0 Å². The van der Waals surface area contributed by atoms with Gasteiger partial charge in [0.2, 0.25) is 0 Å². The van der Waals surface area contributed by atoms with Crippen molar-refractivity contribution in [3.8, 4) is 5.75 Å². The monoisotopic (exact) mass is 193 g/mol. The molecular weight excluding hydrogens is 182 g/mol. The van der Waals surface area contributed by atoms with E-state index in [0.29, 0.717) is 12.4 Å². The van der Waals surface area contributed by atoms with Gasteiger partial charge in [0.15, 0.2) is 0 Å². The third-order valence-corrected chi connectivity index (χ3v) is 2.31. The third-order valence-electron chi connectivity index (χ3n) is 2.31. The van der Waals surface area contributed by atoms with Crippen LogP contribution in [0.2, 0.25) is 0 Å². The molecule has 2 heterocycles. The van der Waals surface area contributed by atoms with Gasteiger partial charge in [0.25, 0.3) is 0 Å². The van der Waals surface area contributed by atoms with Crippen molar-refractivity contribution < 1.29 is 14.6 Å². The summed E-state index contributed by atoms with van der Waals surface area (Å²) in [6.45, 7) is 4.52. The Morgan fingerprint density at radius 1 is 1.57 bits per heavy atom. The summed E-state index contributed by atoms with van der Waals surface area (Å²) < 4.78 is 5.39. The Hall–Kier alpha value is -1.58. The van der Waals surface area contributed by atoms with Crippen molar-refractivity contribution >= 4 is 5.97 Å². The molecule has 0 saturated heterocycles. The molecule has 0 aromatic carbocycles. The number of carbonyl (C=O) groups is 1. The molecule has 2 rings (SSSR count). The molecule has 4 nitrogen and oxygen atoms in total. The summed E-state index contributed by atoms with van der Waals surface area (Å²) in [5.74, 6) is -0.310. The van der Waals surface area contributed by atoms with Crippen molar-refractivity contribution in [3.63, 3.8) is 0 Å². The zero-order valence-electron chi connectivity index (χ0n) is 8.07. The highest BCUT2D eigenvalue weighted by Crippen LogP contribution is 2.36. The first-order valence-electron chi connectivity index (χ1n) is 4.38. The molecule has 0 spiro atoms. The maximum absolute atomic E-state index is 10.7. The first kappa shape index (κ1) is 8.99. The topological polar surface area (TPSA) is 59.4 Å². The van der Waals surface area contributed by atoms with Crippen LogP contribution in [-0.4, -0.2) is 22.7 Å². The number of pyridine rings is 1. The maximum Gasteiger partial charge on any atom is 0.354 e. The Balaban J connectivity index is 2.53. The highest BCUT2D eigenvalue weighted by Gasteiger charge is 2.34. The van der Waals surface area contributed by atoms with E-state index in [0.717, 1.165) is 5.69 Å². The zero-order chi connectivity index (χ0) is 10.3. The number of carboxylic acids is 1. The molecule has 1 N–H and O–H groups in total. The second-order valence-electron chi connectivity index (χ2n) is 4.02. The van der Waals surface area contributed by atoms with Crippen molar-refractivity contribution in [1.29, 1.82) is 0 Å². The summed E-state index contributed by atoms with van der Waals surface area (Å²) >= 11 is 0. The molecule has 74 valence electrons. The molecule has 0 unspecified atom stereocenters. The number of fused-ring (bicyclic) bond motifs is 1. The highest BCUT2D eigenvalue weighted by atomic mass is 16.5. The molecule has 0 radical (unpaired) electrons. The smallest absolute Gasteiger partial charge is 0.354 e. The maximum atomic E-state index is 10.7. The predicted octanol–water partition coefficient (Wildman–Crippen LogP) is 1.45. The molecule has 1 aromatic rings. The molecular formula is C10H11NO3. The number of carboxylic acid groups (broad SMARTS) is 1. The molecule has 0 atom stereocenters. The quantitative estimate of drug-likeness (QED) is 0.733. The standard InChI is InChI=1S/C10H11NO3/c1-10(2)5-14-7-4-3-6(9(12)13)11-8(7)10/h3-4H,5H2,1-2H3,(H,12,13). The minimum Gasteiger partial charge on any atom is -0.491 e. The van der Waals surface area contributed by atoms with Crippen LogP contribution in [0, 0.1) is 0 Å². The van der Waals surface area contributed by atoms with Gasteiger partial charge in [-0.05, 0) is 12.1 Å². The largest absolute Gasteiger partial charge is 0.491 e. The number of hydrogen-bond donors (Lipinski definition) is 1. The van der Waals surface area contributed by atoms with Crippen molar-refractivity contribution in [2.45, 2.75) is 19.3 Å². The lowest BCUT2D eigenvalue weighted by atomic mass is 9.91. The predicted molar refractivity (Wildman–Crippen MR) is 49.7 cm³/mol. The lowest BCUT2D eigenvalue weighted by Crippen LogP contribution is -2.20. The normalized spacial score (nSPS) is 17.3. The first-order chi connectivity index (χ1) is 6.50. The molecule has 0 aliphatic carbocycles. The Morgan fingerprint density at radius 3 is 2.93 bits per heavy atom. The molecule has 1 aliphatic heterocycles.